The van der Waals surface area contributed by atoms with Crippen molar-refractivity contribution < 1.29 is 4.79 Å². The number of halogens is 2. The number of hydrogen-bond donors (Lipinski definition) is 0. The molecule has 1 fully saturated rings. The van der Waals surface area contributed by atoms with Crippen molar-refractivity contribution in [2.45, 2.75) is 6.92 Å². The molecule has 0 atom stereocenters. The predicted octanol–water partition coefficient (Wildman–Crippen LogP) is 4.22. The number of benzene rings is 2. The quantitative estimate of drug-likeness (QED) is 0.653. The minimum absolute atomic E-state index is 0.115. The number of carbonyl (C=O) groups is 1. The molecule has 1 aliphatic heterocycles. The summed E-state index contributed by atoms with van der Waals surface area (Å²) < 4.78 is 1.14. The molecule has 0 aliphatic carbocycles. The van der Waals surface area contributed by atoms with E-state index in [4.69, 9.17) is 11.6 Å². The molecule has 0 unspecified atom stereocenters. The minimum atomic E-state index is 0.115. The van der Waals surface area contributed by atoms with Crippen LogP contribution < -0.4 is 4.90 Å². The maximum Gasteiger partial charge on any atom is 0.253 e. The molecule has 3 nitrogen and oxygen atoms in total. The third-order valence-corrected chi connectivity index (χ3v) is 5.12. The molecule has 120 valence electrons. The van der Waals surface area contributed by atoms with Crippen LogP contribution in [0, 0.1) is 10.5 Å². The number of hydrogen-bond acceptors (Lipinski definition) is 2. The van der Waals surface area contributed by atoms with Crippen LogP contribution in [-0.4, -0.2) is 37.0 Å². The largest absolute Gasteiger partial charge is 0.368 e. The molecule has 0 aromatic heterocycles. The van der Waals surface area contributed by atoms with E-state index >= 15 is 0 Å². The molecule has 23 heavy (non-hydrogen) atoms. The van der Waals surface area contributed by atoms with Crippen molar-refractivity contribution in [1.82, 2.24) is 4.90 Å². The Hall–Kier alpha value is -1.27. The second-order valence-corrected chi connectivity index (χ2v) is 7.40. The summed E-state index contributed by atoms with van der Waals surface area (Å²) in [4.78, 5) is 16.8. The first kappa shape index (κ1) is 16.6. The van der Waals surface area contributed by atoms with Gasteiger partial charge in [-0.15, -0.1) is 0 Å². The van der Waals surface area contributed by atoms with Gasteiger partial charge in [0.15, 0.2) is 0 Å². The lowest BCUT2D eigenvalue weighted by Crippen LogP contribution is -2.49. The lowest BCUT2D eigenvalue weighted by molar-refractivity contribution is 0.0747. The van der Waals surface area contributed by atoms with Crippen molar-refractivity contribution in [3.8, 4) is 0 Å². The van der Waals surface area contributed by atoms with Crippen LogP contribution in [0.4, 0.5) is 5.69 Å². The summed E-state index contributed by atoms with van der Waals surface area (Å²) in [5, 5.41) is 0.753. The molecular weight excluding hydrogens is 423 g/mol. The van der Waals surface area contributed by atoms with Gasteiger partial charge in [-0.2, -0.15) is 0 Å². The van der Waals surface area contributed by atoms with Gasteiger partial charge in [0.1, 0.15) is 0 Å². The fourth-order valence-electron chi connectivity index (χ4n) is 2.85. The van der Waals surface area contributed by atoms with Gasteiger partial charge in [0.05, 0.1) is 0 Å². The van der Waals surface area contributed by atoms with Crippen LogP contribution in [0.2, 0.25) is 5.02 Å². The number of piperazine rings is 1. The Morgan fingerprint density at radius 2 is 1.70 bits per heavy atom. The van der Waals surface area contributed by atoms with E-state index in [1.165, 1.54) is 11.3 Å². The summed E-state index contributed by atoms with van der Waals surface area (Å²) in [6, 6.07) is 13.7. The molecule has 5 heteroatoms. The van der Waals surface area contributed by atoms with Gasteiger partial charge < -0.3 is 9.80 Å². The second-order valence-electron chi connectivity index (χ2n) is 5.72. The van der Waals surface area contributed by atoms with E-state index in [0.29, 0.717) is 0 Å². The van der Waals surface area contributed by atoms with E-state index in [2.05, 4.69) is 34.4 Å². The SMILES string of the molecule is Cc1ccc(Cl)cc1N1CCN(C(=O)c2ccc(I)cc2)CC1. The van der Waals surface area contributed by atoms with Crippen molar-refractivity contribution in [3.63, 3.8) is 0 Å². The lowest BCUT2D eigenvalue weighted by atomic mass is 10.1. The smallest absolute Gasteiger partial charge is 0.253 e. The number of aryl methyl sites for hydroxylation is 1. The van der Waals surface area contributed by atoms with Crippen LogP contribution in [0.1, 0.15) is 15.9 Å². The van der Waals surface area contributed by atoms with E-state index < -0.39 is 0 Å². The highest BCUT2D eigenvalue weighted by Gasteiger charge is 2.23. The molecule has 1 heterocycles. The third kappa shape index (κ3) is 3.80. The zero-order valence-electron chi connectivity index (χ0n) is 12.9. The highest BCUT2D eigenvalue weighted by molar-refractivity contribution is 14.1. The van der Waals surface area contributed by atoms with Crippen molar-refractivity contribution in [1.29, 1.82) is 0 Å². The van der Waals surface area contributed by atoms with Crippen molar-refractivity contribution >= 4 is 45.8 Å². The van der Waals surface area contributed by atoms with Crippen LogP contribution in [0.5, 0.6) is 0 Å². The fraction of sp³-hybridized carbons (Fsp3) is 0.278. The predicted molar refractivity (Wildman–Crippen MR) is 103 cm³/mol. The topological polar surface area (TPSA) is 23.6 Å². The Morgan fingerprint density at radius 1 is 1.04 bits per heavy atom. The van der Waals surface area contributed by atoms with Crippen molar-refractivity contribution in [3.05, 3.63) is 62.2 Å². The van der Waals surface area contributed by atoms with E-state index in [1.807, 2.05) is 47.4 Å². The normalized spacial score (nSPS) is 14.9. The zero-order valence-corrected chi connectivity index (χ0v) is 15.8. The summed E-state index contributed by atoms with van der Waals surface area (Å²) in [7, 11) is 0. The Bertz CT molecular complexity index is 709. The number of anilines is 1. The molecule has 1 saturated heterocycles. The van der Waals surface area contributed by atoms with Crippen molar-refractivity contribution in [2.75, 3.05) is 31.1 Å². The van der Waals surface area contributed by atoms with Gasteiger partial charge in [-0.1, -0.05) is 17.7 Å². The zero-order chi connectivity index (χ0) is 16.4. The highest BCUT2D eigenvalue weighted by atomic mass is 127. The molecule has 1 aliphatic rings. The van der Waals surface area contributed by atoms with Gasteiger partial charge in [0.2, 0.25) is 0 Å². The molecule has 0 spiro atoms. The van der Waals surface area contributed by atoms with Crippen LogP contribution in [0.15, 0.2) is 42.5 Å². The average Bonchev–Trinajstić information content (AvgIpc) is 2.57. The van der Waals surface area contributed by atoms with Crippen LogP contribution in [0.3, 0.4) is 0 Å². The summed E-state index contributed by atoms with van der Waals surface area (Å²) in [6.45, 7) is 5.22. The monoisotopic (exact) mass is 440 g/mol. The van der Waals surface area contributed by atoms with Gasteiger partial charge in [-0.25, -0.2) is 0 Å². The molecule has 2 aromatic rings. The van der Waals surface area contributed by atoms with E-state index in [1.54, 1.807) is 0 Å². The van der Waals surface area contributed by atoms with Gasteiger partial charge in [0.25, 0.3) is 5.91 Å². The number of carbonyl (C=O) groups excluding carboxylic acids is 1. The lowest BCUT2D eigenvalue weighted by Gasteiger charge is -2.37. The van der Waals surface area contributed by atoms with Gasteiger partial charge in [-0.3, -0.25) is 4.79 Å². The molecule has 2 aromatic carbocycles. The maximum absolute atomic E-state index is 12.6. The molecule has 3 rings (SSSR count). The Labute approximate surface area is 155 Å². The molecule has 0 radical (unpaired) electrons. The summed E-state index contributed by atoms with van der Waals surface area (Å²) in [5.41, 5.74) is 3.14. The van der Waals surface area contributed by atoms with E-state index in [9.17, 15) is 4.79 Å². The van der Waals surface area contributed by atoms with E-state index in [-0.39, 0.29) is 5.91 Å². The molecular formula is C18H18ClIN2O. The number of nitrogens with zero attached hydrogens (tertiary/aromatic N) is 2. The summed E-state index contributed by atoms with van der Waals surface area (Å²) in [5.74, 6) is 0.115. The molecule has 0 N–H and O–H groups in total. The van der Waals surface area contributed by atoms with Crippen molar-refractivity contribution in [2.24, 2.45) is 0 Å². The number of rotatable bonds is 2. The van der Waals surface area contributed by atoms with Gasteiger partial charge in [0, 0.05) is 46.0 Å². The second kappa shape index (κ2) is 7.09. The molecule has 1 amide bonds. The van der Waals surface area contributed by atoms with Gasteiger partial charge >= 0.3 is 0 Å². The minimum Gasteiger partial charge on any atom is -0.368 e. The first-order valence-electron chi connectivity index (χ1n) is 7.60. The Morgan fingerprint density at radius 3 is 2.35 bits per heavy atom. The Kier molecular flexibility index (Phi) is 5.11. The Balaban J connectivity index is 1.67. The molecule has 0 saturated carbocycles. The fourth-order valence-corrected chi connectivity index (χ4v) is 3.37. The third-order valence-electron chi connectivity index (χ3n) is 4.17. The van der Waals surface area contributed by atoms with E-state index in [0.717, 1.165) is 40.3 Å². The first-order valence-corrected chi connectivity index (χ1v) is 9.06. The summed E-state index contributed by atoms with van der Waals surface area (Å²) >= 11 is 8.36. The first-order chi connectivity index (χ1) is 11.0. The summed E-state index contributed by atoms with van der Waals surface area (Å²) in [6.07, 6.45) is 0. The van der Waals surface area contributed by atoms with Crippen LogP contribution in [-0.2, 0) is 0 Å². The number of amides is 1. The van der Waals surface area contributed by atoms with Gasteiger partial charge in [-0.05, 0) is 71.5 Å². The average molecular weight is 441 g/mol. The van der Waals surface area contributed by atoms with Crippen LogP contribution in [0.25, 0.3) is 0 Å². The van der Waals surface area contributed by atoms with Crippen LogP contribution >= 0.6 is 34.2 Å². The maximum atomic E-state index is 12.6. The standard InChI is InChI=1S/C18H18ClIN2O/c1-13-2-5-15(19)12-17(13)21-8-10-22(11-9-21)18(23)14-3-6-16(20)7-4-14/h2-7,12H,8-11H2,1H3. The molecule has 0 bridgehead atoms. The highest BCUT2D eigenvalue weighted by Crippen LogP contribution is 2.25.